The highest BCUT2D eigenvalue weighted by Gasteiger charge is 2.35. The third kappa shape index (κ3) is 4.65. The second-order valence-corrected chi connectivity index (χ2v) is 9.36. The van der Waals surface area contributed by atoms with Gasteiger partial charge in [0.25, 0.3) is 0 Å². The highest BCUT2D eigenvalue weighted by molar-refractivity contribution is 7.13. The zero-order valence-corrected chi connectivity index (χ0v) is 19.6. The molecule has 0 spiro atoms. The highest BCUT2D eigenvalue weighted by atomic mass is 32.1. The molecule has 1 aliphatic rings. The second kappa shape index (κ2) is 9.64. The fourth-order valence-corrected chi connectivity index (χ4v) is 4.70. The Balaban J connectivity index is 1.37. The zero-order chi connectivity index (χ0) is 24.3. The summed E-state index contributed by atoms with van der Waals surface area (Å²) in [5.41, 5.74) is 3.29. The lowest BCUT2D eigenvalue weighted by Crippen LogP contribution is -2.56. The van der Waals surface area contributed by atoms with Gasteiger partial charge in [-0.05, 0) is 35.6 Å². The Hall–Kier alpha value is -3.72. The first-order valence-corrected chi connectivity index (χ1v) is 11.7. The third-order valence-corrected chi connectivity index (χ3v) is 7.08. The van der Waals surface area contributed by atoms with Crippen LogP contribution in [0.5, 0.6) is 0 Å². The number of amides is 2. The molecular weight excluding hydrogens is 454 g/mol. The van der Waals surface area contributed by atoms with Gasteiger partial charge < -0.3 is 20.5 Å². The Kier molecular flexibility index (Phi) is 6.65. The van der Waals surface area contributed by atoms with Crippen LogP contribution >= 0.6 is 11.3 Å². The molecule has 3 N–H and O–H groups in total. The molecule has 8 nitrogen and oxygen atoms in total. The number of alkyl carbamates (subject to hydrolysis) is 1. The Morgan fingerprint density at radius 1 is 1.09 bits per heavy atom. The topological polar surface area (TPSA) is 118 Å². The van der Waals surface area contributed by atoms with Gasteiger partial charge in [-0.15, -0.1) is 11.3 Å². The predicted octanol–water partition coefficient (Wildman–Crippen LogP) is 4.16. The maximum absolute atomic E-state index is 12.8. The van der Waals surface area contributed by atoms with E-state index in [0.717, 1.165) is 33.6 Å². The average molecular weight is 480 g/mol. The SMILES string of the molecule is CCC(C)(NC(=O)OCC1c2ccccc2-c2ccccc21)C(=O)NCc1ncc(C(=O)O)s1. The molecule has 4 rings (SSSR count). The van der Waals surface area contributed by atoms with E-state index in [1.807, 2.05) is 36.4 Å². The molecule has 1 heterocycles. The van der Waals surface area contributed by atoms with E-state index in [4.69, 9.17) is 9.84 Å². The number of carbonyl (C=O) groups is 3. The average Bonchev–Trinajstić information content (AvgIpc) is 3.44. The standard InChI is InChI=1S/C25H25N3O5S/c1-3-25(2,23(31)27-13-21-26-12-20(34-21)22(29)30)28-24(32)33-14-19-17-10-6-4-8-15(17)16-9-5-7-11-18(16)19/h4-12,19H,3,13-14H2,1-2H3,(H,27,31)(H,28,32)(H,29,30). The summed E-state index contributed by atoms with van der Waals surface area (Å²) in [5, 5.41) is 14.9. The maximum Gasteiger partial charge on any atom is 0.408 e. The summed E-state index contributed by atoms with van der Waals surface area (Å²) in [7, 11) is 0. The summed E-state index contributed by atoms with van der Waals surface area (Å²) in [6.07, 6.45) is 0.910. The smallest absolute Gasteiger partial charge is 0.408 e. The minimum atomic E-state index is -1.20. The molecule has 0 fully saturated rings. The van der Waals surface area contributed by atoms with E-state index in [2.05, 4.69) is 27.8 Å². The largest absolute Gasteiger partial charge is 0.477 e. The Morgan fingerprint density at radius 3 is 2.26 bits per heavy atom. The van der Waals surface area contributed by atoms with Crippen molar-refractivity contribution in [2.75, 3.05) is 6.61 Å². The summed E-state index contributed by atoms with van der Waals surface area (Å²) in [4.78, 5) is 40.6. The van der Waals surface area contributed by atoms with Gasteiger partial charge in [0.2, 0.25) is 5.91 Å². The second-order valence-electron chi connectivity index (χ2n) is 8.24. The molecule has 9 heteroatoms. The van der Waals surface area contributed by atoms with Crippen molar-refractivity contribution < 1.29 is 24.2 Å². The van der Waals surface area contributed by atoms with E-state index in [-0.39, 0.29) is 23.9 Å². The molecule has 34 heavy (non-hydrogen) atoms. The molecule has 1 unspecified atom stereocenters. The van der Waals surface area contributed by atoms with Gasteiger partial charge in [0.05, 0.1) is 12.7 Å². The minimum Gasteiger partial charge on any atom is -0.477 e. The molecule has 0 bridgehead atoms. The normalized spacial score (nSPS) is 13.9. The lowest BCUT2D eigenvalue weighted by atomic mass is 9.97. The Labute approximate surface area is 201 Å². The molecule has 1 aromatic heterocycles. The van der Waals surface area contributed by atoms with E-state index >= 15 is 0 Å². The number of nitrogens with one attached hydrogen (secondary N) is 2. The number of carboxylic acid groups (broad SMARTS) is 1. The summed E-state index contributed by atoms with van der Waals surface area (Å²) in [6, 6.07) is 16.1. The van der Waals surface area contributed by atoms with E-state index in [0.29, 0.717) is 11.4 Å². The number of aromatic nitrogens is 1. The van der Waals surface area contributed by atoms with Crippen molar-refractivity contribution in [3.63, 3.8) is 0 Å². The Morgan fingerprint density at radius 2 is 1.71 bits per heavy atom. The Bertz CT molecular complexity index is 1200. The van der Waals surface area contributed by atoms with E-state index in [1.165, 1.54) is 6.20 Å². The van der Waals surface area contributed by atoms with Gasteiger partial charge in [0.1, 0.15) is 22.0 Å². The van der Waals surface area contributed by atoms with Crippen LogP contribution in [0.4, 0.5) is 4.79 Å². The molecule has 0 aliphatic heterocycles. The predicted molar refractivity (Wildman–Crippen MR) is 128 cm³/mol. The number of hydrogen-bond donors (Lipinski definition) is 3. The first kappa shape index (κ1) is 23.4. The van der Waals surface area contributed by atoms with Crippen LogP contribution in [-0.2, 0) is 16.1 Å². The lowest BCUT2D eigenvalue weighted by Gasteiger charge is -2.28. The van der Waals surface area contributed by atoms with Gasteiger partial charge in [-0.1, -0.05) is 55.5 Å². The van der Waals surface area contributed by atoms with Crippen LogP contribution in [0, 0.1) is 0 Å². The quantitative estimate of drug-likeness (QED) is 0.446. The van der Waals surface area contributed by atoms with Crippen LogP contribution in [0.1, 0.15) is 52.0 Å². The molecule has 0 radical (unpaired) electrons. The van der Waals surface area contributed by atoms with Crippen molar-refractivity contribution in [3.05, 3.63) is 75.7 Å². The van der Waals surface area contributed by atoms with E-state index < -0.39 is 23.5 Å². The number of fused-ring (bicyclic) bond motifs is 3. The van der Waals surface area contributed by atoms with Crippen molar-refractivity contribution >= 4 is 29.3 Å². The van der Waals surface area contributed by atoms with Crippen LogP contribution < -0.4 is 10.6 Å². The number of benzene rings is 2. The fourth-order valence-electron chi connectivity index (χ4n) is 4.01. The van der Waals surface area contributed by atoms with Crippen LogP contribution in [0.3, 0.4) is 0 Å². The summed E-state index contributed by atoms with van der Waals surface area (Å²) >= 11 is 0.989. The van der Waals surface area contributed by atoms with Gasteiger partial charge in [-0.3, -0.25) is 4.79 Å². The summed E-state index contributed by atoms with van der Waals surface area (Å²) < 4.78 is 5.57. The number of carboxylic acids is 1. The van der Waals surface area contributed by atoms with Crippen LogP contribution in [0.15, 0.2) is 54.7 Å². The number of thiazole rings is 1. The lowest BCUT2D eigenvalue weighted by molar-refractivity contribution is -0.127. The van der Waals surface area contributed by atoms with E-state index in [1.54, 1.807) is 13.8 Å². The molecule has 3 aromatic rings. The zero-order valence-electron chi connectivity index (χ0n) is 18.8. The number of rotatable bonds is 8. The number of carbonyl (C=O) groups excluding carboxylic acids is 2. The van der Waals surface area contributed by atoms with Crippen LogP contribution in [-0.4, -0.2) is 40.2 Å². The number of hydrogen-bond acceptors (Lipinski definition) is 6. The van der Waals surface area contributed by atoms with E-state index in [9.17, 15) is 14.4 Å². The minimum absolute atomic E-state index is 0.0682. The molecule has 2 aromatic carbocycles. The number of ether oxygens (including phenoxy) is 1. The van der Waals surface area contributed by atoms with Crippen LogP contribution in [0.2, 0.25) is 0 Å². The van der Waals surface area contributed by atoms with Crippen molar-refractivity contribution in [2.24, 2.45) is 0 Å². The summed E-state index contributed by atoms with van der Waals surface area (Å²) in [6.45, 7) is 3.63. The van der Waals surface area contributed by atoms with Crippen molar-refractivity contribution in [1.29, 1.82) is 0 Å². The summed E-state index contributed by atoms with van der Waals surface area (Å²) in [5.74, 6) is -1.55. The molecule has 176 valence electrons. The van der Waals surface area contributed by atoms with Crippen molar-refractivity contribution in [3.8, 4) is 11.1 Å². The molecule has 2 amide bonds. The molecule has 0 saturated heterocycles. The molecule has 1 aliphatic carbocycles. The van der Waals surface area contributed by atoms with Crippen LogP contribution in [0.25, 0.3) is 11.1 Å². The molecular formula is C25H25N3O5S. The van der Waals surface area contributed by atoms with Gasteiger partial charge in [-0.2, -0.15) is 0 Å². The first-order chi connectivity index (χ1) is 16.3. The van der Waals surface area contributed by atoms with Gasteiger partial charge in [-0.25, -0.2) is 14.6 Å². The third-order valence-electron chi connectivity index (χ3n) is 6.09. The molecule has 1 atom stereocenters. The number of aromatic carboxylic acids is 1. The van der Waals surface area contributed by atoms with Crippen molar-refractivity contribution in [2.45, 2.75) is 38.3 Å². The van der Waals surface area contributed by atoms with Crippen molar-refractivity contribution in [1.82, 2.24) is 15.6 Å². The first-order valence-electron chi connectivity index (χ1n) is 10.9. The van der Waals surface area contributed by atoms with Gasteiger partial charge in [0.15, 0.2) is 0 Å². The van der Waals surface area contributed by atoms with Gasteiger partial charge in [0, 0.05) is 5.92 Å². The van der Waals surface area contributed by atoms with Gasteiger partial charge >= 0.3 is 12.1 Å². The highest BCUT2D eigenvalue weighted by Crippen LogP contribution is 2.44. The fraction of sp³-hybridized carbons (Fsp3) is 0.280. The molecule has 0 saturated carbocycles. The monoisotopic (exact) mass is 479 g/mol. The number of nitrogens with zero attached hydrogens (tertiary/aromatic N) is 1. The maximum atomic E-state index is 12.8.